The minimum Gasteiger partial charge on any atom is -0.505 e. The van der Waals surface area contributed by atoms with E-state index in [2.05, 4.69) is 20.3 Å². The third-order valence-corrected chi connectivity index (χ3v) is 4.23. The average Bonchev–Trinajstić information content (AvgIpc) is 2.74. The Morgan fingerprint density at radius 1 is 1.10 bits per heavy atom. The summed E-state index contributed by atoms with van der Waals surface area (Å²) in [6, 6.07) is 16.0. The summed E-state index contributed by atoms with van der Waals surface area (Å²) >= 11 is 0. The predicted molar refractivity (Wildman–Crippen MR) is 111 cm³/mol. The molecule has 0 aliphatic carbocycles. The number of methoxy groups -OCH3 is 1. The van der Waals surface area contributed by atoms with Gasteiger partial charge in [-0.25, -0.2) is 4.79 Å². The first-order valence-corrected chi connectivity index (χ1v) is 8.83. The van der Waals surface area contributed by atoms with Crippen molar-refractivity contribution in [3.63, 3.8) is 0 Å². The van der Waals surface area contributed by atoms with Gasteiger partial charge in [0.25, 0.3) is 5.69 Å². The fourth-order valence-corrected chi connectivity index (χ4v) is 2.67. The monoisotopic (exact) mass is 406 g/mol. The molecule has 0 heterocycles. The molecule has 3 aromatic rings. The molecule has 3 rings (SSSR count). The number of nitrogens with zero attached hydrogens (tertiary/aromatic N) is 3. The van der Waals surface area contributed by atoms with Crippen molar-refractivity contribution in [2.24, 2.45) is 10.2 Å². The number of benzene rings is 3. The Morgan fingerprint density at radius 2 is 1.87 bits per heavy atom. The number of ether oxygens (including phenoxy) is 1. The van der Waals surface area contributed by atoms with Crippen molar-refractivity contribution in [3.8, 4) is 5.75 Å². The lowest BCUT2D eigenvalue weighted by molar-refractivity contribution is -0.383. The van der Waals surface area contributed by atoms with Gasteiger partial charge in [0.1, 0.15) is 17.1 Å². The lowest BCUT2D eigenvalue weighted by atomic mass is 10.1. The number of azo groups is 1. The molecular weight excluding hydrogens is 388 g/mol. The van der Waals surface area contributed by atoms with Crippen molar-refractivity contribution < 1.29 is 19.6 Å². The SMILES string of the molecule is COC(=O)c1ccc(Nc2cccc(N=Nc3cccc(C)c3O)c2)c([N+](=O)[O-])c1. The number of nitrogens with one attached hydrogen (secondary N) is 1. The van der Waals surface area contributed by atoms with Gasteiger partial charge in [-0.05, 0) is 48.9 Å². The number of anilines is 2. The Hall–Kier alpha value is -4.27. The molecule has 3 aromatic carbocycles. The Kier molecular flexibility index (Phi) is 6.02. The second-order valence-electron chi connectivity index (χ2n) is 6.30. The second kappa shape index (κ2) is 8.82. The molecular formula is C21H18N4O5. The van der Waals surface area contributed by atoms with Crippen LogP contribution in [0.3, 0.4) is 0 Å². The van der Waals surface area contributed by atoms with Gasteiger partial charge in [-0.15, -0.1) is 5.11 Å². The molecule has 30 heavy (non-hydrogen) atoms. The van der Waals surface area contributed by atoms with Crippen molar-refractivity contribution in [2.75, 3.05) is 12.4 Å². The zero-order valence-electron chi connectivity index (χ0n) is 16.2. The Balaban J connectivity index is 1.86. The fourth-order valence-electron chi connectivity index (χ4n) is 2.67. The third-order valence-electron chi connectivity index (χ3n) is 4.23. The van der Waals surface area contributed by atoms with Crippen LogP contribution in [0.2, 0.25) is 0 Å². The number of rotatable bonds is 6. The number of hydrogen-bond donors (Lipinski definition) is 2. The quantitative estimate of drug-likeness (QED) is 0.239. The smallest absolute Gasteiger partial charge is 0.338 e. The van der Waals surface area contributed by atoms with Gasteiger partial charge in [-0.3, -0.25) is 10.1 Å². The first kappa shape index (κ1) is 20.5. The number of aryl methyl sites for hydroxylation is 1. The van der Waals surface area contributed by atoms with Gasteiger partial charge < -0.3 is 15.2 Å². The van der Waals surface area contributed by atoms with Crippen LogP contribution in [-0.4, -0.2) is 23.1 Å². The van der Waals surface area contributed by atoms with Gasteiger partial charge in [-0.1, -0.05) is 18.2 Å². The number of aromatic hydroxyl groups is 1. The van der Waals surface area contributed by atoms with Crippen LogP contribution in [0.4, 0.5) is 28.4 Å². The molecule has 152 valence electrons. The highest BCUT2D eigenvalue weighted by atomic mass is 16.6. The maximum atomic E-state index is 11.6. The number of carbonyl (C=O) groups excluding carboxylic acids is 1. The summed E-state index contributed by atoms with van der Waals surface area (Å²) in [5.41, 5.74) is 2.05. The largest absolute Gasteiger partial charge is 0.505 e. The maximum Gasteiger partial charge on any atom is 0.338 e. The fraction of sp³-hybridized carbons (Fsp3) is 0.0952. The van der Waals surface area contributed by atoms with E-state index in [9.17, 15) is 20.0 Å². The molecule has 2 N–H and O–H groups in total. The minimum absolute atomic E-state index is 0.0526. The van der Waals surface area contributed by atoms with Crippen molar-refractivity contribution in [1.82, 2.24) is 0 Å². The summed E-state index contributed by atoms with van der Waals surface area (Å²) in [6.45, 7) is 1.76. The zero-order valence-corrected chi connectivity index (χ0v) is 16.2. The molecule has 9 heteroatoms. The summed E-state index contributed by atoms with van der Waals surface area (Å²) in [7, 11) is 1.21. The molecule has 0 atom stereocenters. The number of carbonyl (C=O) groups is 1. The van der Waals surface area contributed by atoms with Gasteiger partial charge in [0, 0.05) is 11.8 Å². The molecule has 0 fully saturated rings. The zero-order chi connectivity index (χ0) is 21.7. The molecule has 0 aromatic heterocycles. The third kappa shape index (κ3) is 4.58. The highest BCUT2D eigenvalue weighted by Gasteiger charge is 2.18. The van der Waals surface area contributed by atoms with E-state index in [0.29, 0.717) is 22.6 Å². The molecule has 0 aliphatic rings. The second-order valence-corrected chi connectivity index (χ2v) is 6.30. The van der Waals surface area contributed by atoms with E-state index in [4.69, 9.17) is 0 Å². The van der Waals surface area contributed by atoms with Gasteiger partial charge in [-0.2, -0.15) is 5.11 Å². The van der Waals surface area contributed by atoms with E-state index in [1.54, 1.807) is 49.4 Å². The summed E-state index contributed by atoms with van der Waals surface area (Å²) in [4.78, 5) is 22.5. The van der Waals surface area contributed by atoms with Crippen LogP contribution in [0.1, 0.15) is 15.9 Å². The first-order valence-electron chi connectivity index (χ1n) is 8.83. The summed E-state index contributed by atoms with van der Waals surface area (Å²) in [6.07, 6.45) is 0. The van der Waals surface area contributed by atoms with Crippen LogP contribution >= 0.6 is 0 Å². The summed E-state index contributed by atoms with van der Waals surface area (Å²) < 4.78 is 4.60. The topological polar surface area (TPSA) is 126 Å². The Morgan fingerprint density at radius 3 is 2.60 bits per heavy atom. The number of nitro groups is 1. The lowest BCUT2D eigenvalue weighted by Gasteiger charge is -2.09. The molecule has 0 bridgehead atoms. The highest BCUT2D eigenvalue weighted by Crippen LogP contribution is 2.33. The number of hydrogen-bond acceptors (Lipinski definition) is 8. The molecule has 0 radical (unpaired) electrons. The number of phenolic OH excluding ortho intramolecular Hbond substituents is 1. The molecule has 0 saturated carbocycles. The van der Waals surface area contributed by atoms with Crippen molar-refractivity contribution in [3.05, 3.63) is 81.9 Å². The van der Waals surface area contributed by atoms with Gasteiger partial charge >= 0.3 is 5.97 Å². The lowest BCUT2D eigenvalue weighted by Crippen LogP contribution is -2.04. The molecule has 9 nitrogen and oxygen atoms in total. The van der Waals surface area contributed by atoms with Crippen molar-refractivity contribution >= 4 is 34.4 Å². The van der Waals surface area contributed by atoms with E-state index in [1.165, 1.54) is 19.2 Å². The minimum atomic E-state index is -0.661. The van der Waals surface area contributed by atoms with Crippen molar-refractivity contribution in [2.45, 2.75) is 6.92 Å². The summed E-state index contributed by atoms with van der Waals surface area (Å²) in [5, 5.41) is 32.6. The Labute approximate surface area is 171 Å². The van der Waals surface area contributed by atoms with E-state index in [-0.39, 0.29) is 22.7 Å². The van der Waals surface area contributed by atoms with Crippen LogP contribution in [0.15, 0.2) is 70.9 Å². The highest BCUT2D eigenvalue weighted by molar-refractivity contribution is 5.91. The van der Waals surface area contributed by atoms with Crippen LogP contribution in [0.5, 0.6) is 5.75 Å². The first-order chi connectivity index (χ1) is 14.4. The van der Waals surface area contributed by atoms with Crippen LogP contribution in [0.25, 0.3) is 0 Å². The van der Waals surface area contributed by atoms with Crippen LogP contribution in [0, 0.1) is 17.0 Å². The number of para-hydroxylation sites is 1. The van der Waals surface area contributed by atoms with Crippen LogP contribution < -0.4 is 5.32 Å². The molecule has 0 saturated heterocycles. The van der Waals surface area contributed by atoms with E-state index in [0.717, 1.165) is 6.07 Å². The number of esters is 1. The van der Waals surface area contributed by atoms with E-state index >= 15 is 0 Å². The van der Waals surface area contributed by atoms with E-state index in [1.807, 2.05) is 0 Å². The standard InChI is InChI=1S/C21H18N4O5/c1-13-5-3-8-18(20(13)26)24-23-16-7-4-6-15(12-16)22-17-10-9-14(21(27)30-2)11-19(17)25(28)29/h3-12,22,26H,1-2H3. The molecule has 0 unspecified atom stereocenters. The molecule has 0 amide bonds. The normalized spacial score (nSPS) is 10.7. The Bertz CT molecular complexity index is 1140. The van der Waals surface area contributed by atoms with Gasteiger partial charge in [0.15, 0.2) is 0 Å². The van der Waals surface area contributed by atoms with Crippen LogP contribution in [-0.2, 0) is 4.74 Å². The molecule has 0 spiro atoms. The summed E-state index contributed by atoms with van der Waals surface area (Å²) in [5.74, 6) is -0.608. The number of phenols is 1. The van der Waals surface area contributed by atoms with Crippen molar-refractivity contribution in [1.29, 1.82) is 0 Å². The van der Waals surface area contributed by atoms with Gasteiger partial charge in [0.2, 0.25) is 0 Å². The number of nitro benzene ring substituents is 1. The van der Waals surface area contributed by atoms with Gasteiger partial charge in [0.05, 0.1) is 23.3 Å². The van der Waals surface area contributed by atoms with E-state index < -0.39 is 10.9 Å². The maximum absolute atomic E-state index is 11.6. The predicted octanol–water partition coefficient (Wildman–Crippen LogP) is 5.55. The average molecular weight is 406 g/mol. The molecule has 0 aliphatic heterocycles.